The van der Waals surface area contributed by atoms with Gasteiger partial charge in [-0.3, -0.25) is 29.1 Å². The number of carbonyl (C=O) groups is 3. The maximum Gasteiger partial charge on any atom is 0.262 e. The Kier molecular flexibility index (Phi) is 13.6. The van der Waals surface area contributed by atoms with Gasteiger partial charge in [0.25, 0.3) is 17.7 Å². The predicted octanol–water partition coefficient (Wildman–Crippen LogP) is 14.2. The fourth-order valence-corrected chi connectivity index (χ4v) is 12.0. The second kappa shape index (κ2) is 20.6. The summed E-state index contributed by atoms with van der Waals surface area (Å²) in [6, 6.07) is 53.5. The fraction of sp³-hybridized carbons (Fsp3) is 0.155. The van der Waals surface area contributed by atoms with E-state index in [1.54, 1.807) is 34.0 Å². The summed E-state index contributed by atoms with van der Waals surface area (Å²) in [7, 11) is 0. The third kappa shape index (κ3) is 9.33. The van der Waals surface area contributed by atoms with Gasteiger partial charge in [0.1, 0.15) is 18.5 Å². The van der Waals surface area contributed by atoms with Crippen LogP contribution in [0.2, 0.25) is 0 Å². The summed E-state index contributed by atoms with van der Waals surface area (Å²) < 4.78 is 0. The molecule has 3 aromatic heterocycles. The quantitative estimate of drug-likeness (QED) is 0.147. The zero-order valence-electron chi connectivity index (χ0n) is 39.0. The minimum absolute atomic E-state index is 0.0309. The Morgan fingerprint density at radius 3 is 1.57 bits per heavy atom. The Morgan fingerprint density at radius 1 is 0.529 bits per heavy atom. The molecule has 3 amide bonds. The van der Waals surface area contributed by atoms with Gasteiger partial charge in [-0.15, -0.1) is 34.0 Å². The summed E-state index contributed by atoms with van der Waals surface area (Å²) in [6.45, 7) is 6.32. The maximum atomic E-state index is 13.2. The van der Waals surface area contributed by atoms with Crippen LogP contribution in [0, 0.1) is 13.8 Å². The molecule has 0 spiro atoms. The van der Waals surface area contributed by atoms with Gasteiger partial charge in [-0.25, -0.2) is 0 Å². The lowest BCUT2D eigenvalue weighted by molar-refractivity contribution is -0.116. The molecule has 9 nitrogen and oxygen atoms in total. The highest BCUT2D eigenvalue weighted by molar-refractivity contribution is 7.12. The molecular formula is C58H52N6O3S3. The fourth-order valence-electron chi connectivity index (χ4n) is 9.12. The standard InChI is InChI=1S/C20H18N2OS.C19H18N2OS.C19H16N2OS/c1-2-15-12-13-18(24-15)19-21-17-11-7-6-10-16(17)20(23)22(19)14-8-4-3-5-9-14;1-13-11-17(23-12-13)18-20-16-10-6-5-9-15(16)19(22)21(18)14-7-3-2-4-8-14;1-13-11-12-23-17(13)18-20-16-10-6-5-9-15(16)19(22)21(18)14-7-3-2-4-8-14/h3-13,19,21H,2H2,1H3;2-4,7-12,18,20H,5-6H2,1H3;2-12,18,20H,1H3. The smallest absolute Gasteiger partial charge is 0.262 e. The van der Waals surface area contributed by atoms with E-state index in [-0.39, 0.29) is 36.2 Å². The number of anilines is 5. The molecule has 1 fully saturated rings. The van der Waals surface area contributed by atoms with Crippen LogP contribution < -0.4 is 30.7 Å². The molecule has 3 N–H and O–H groups in total. The number of nitrogens with zero attached hydrogens (tertiary/aromatic N) is 3. The summed E-state index contributed by atoms with van der Waals surface area (Å²) >= 11 is 5.13. The van der Waals surface area contributed by atoms with E-state index in [9.17, 15) is 14.4 Å². The molecule has 1 saturated heterocycles. The molecule has 0 bridgehead atoms. The predicted molar refractivity (Wildman–Crippen MR) is 289 cm³/mol. The summed E-state index contributed by atoms with van der Waals surface area (Å²) in [5.41, 5.74) is 10.1. The molecule has 6 heterocycles. The van der Waals surface area contributed by atoms with Gasteiger partial charge in [0, 0.05) is 48.8 Å². The molecular weight excluding hydrogens is 925 g/mol. The number of carbonyl (C=O) groups excluding carboxylic acids is 3. The van der Waals surface area contributed by atoms with E-state index in [0.717, 1.165) is 73.6 Å². The van der Waals surface area contributed by atoms with Crippen molar-refractivity contribution in [2.45, 2.75) is 58.5 Å². The van der Waals surface area contributed by atoms with Gasteiger partial charge in [0.05, 0.1) is 21.6 Å². The zero-order chi connectivity index (χ0) is 48.1. The number of thiophene rings is 3. The number of nitrogens with one attached hydrogen (secondary N) is 3. The molecule has 12 rings (SSSR count). The molecule has 70 heavy (non-hydrogen) atoms. The molecule has 3 unspecified atom stereocenters. The van der Waals surface area contributed by atoms with Crippen LogP contribution in [0.5, 0.6) is 0 Å². The minimum atomic E-state index is -0.181. The van der Waals surface area contributed by atoms with Crippen LogP contribution in [0.3, 0.4) is 0 Å². The first-order chi connectivity index (χ1) is 34.3. The van der Waals surface area contributed by atoms with E-state index >= 15 is 0 Å². The van der Waals surface area contributed by atoms with E-state index in [2.05, 4.69) is 83.9 Å². The number of benzene rings is 5. The summed E-state index contributed by atoms with van der Waals surface area (Å²) in [5.74, 6) is 0.146. The van der Waals surface area contributed by atoms with Crippen LogP contribution in [0.4, 0.5) is 28.4 Å². The monoisotopic (exact) mass is 976 g/mol. The van der Waals surface area contributed by atoms with Crippen LogP contribution in [0.1, 0.15) is 89.6 Å². The number of rotatable bonds is 7. The van der Waals surface area contributed by atoms with Gasteiger partial charge in [-0.2, -0.15) is 0 Å². The van der Waals surface area contributed by atoms with Crippen molar-refractivity contribution in [3.63, 3.8) is 0 Å². The molecule has 3 aliphatic heterocycles. The van der Waals surface area contributed by atoms with Crippen LogP contribution >= 0.6 is 34.0 Å². The Labute approximate surface area is 421 Å². The number of fused-ring (bicyclic) bond motifs is 3. The lowest BCUT2D eigenvalue weighted by Gasteiger charge is -2.39. The van der Waals surface area contributed by atoms with Crippen LogP contribution in [0.15, 0.2) is 198 Å². The highest BCUT2D eigenvalue weighted by atomic mass is 32.1. The van der Waals surface area contributed by atoms with Gasteiger partial charge in [0.15, 0.2) is 0 Å². The second-order valence-electron chi connectivity index (χ2n) is 17.2. The van der Waals surface area contributed by atoms with Gasteiger partial charge < -0.3 is 16.0 Å². The molecule has 3 atom stereocenters. The van der Waals surface area contributed by atoms with Crippen molar-refractivity contribution in [3.8, 4) is 0 Å². The third-order valence-corrected chi connectivity index (χ3v) is 16.0. The molecule has 12 heteroatoms. The van der Waals surface area contributed by atoms with Crippen molar-refractivity contribution in [1.82, 2.24) is 5.32 Å². The zero-order valence-corrected chi connectivity index (χ0v) is 41.5. The van der Waals surface area contributed by atoms with Crippen molar-refractivity contribution in [2.75, 3.05) is 25.3 Å². The highest BCUT2D eigenvalue weighted by Crippen LogP contribution is 2.42. The van der Waals surface area contributed by atoms with Crippen molar-refractivity contribution < 1.29 is 14.4 Å². The van der Waals surface area contributed by atoms with Crippen molar-refractivity contribution in [3.05, 3.63) is 240 Å². The van der Waals surface area contributed by atoms with E-state index in [1.807, 2.05) is 154 Å². The first kappa shape index (κ1) is 46.2. The number of allylic oxidation sites excluding steroid dienone is 2. The largest absolute Gasteiger partial charge is 0.360 e. The molecule has 4 aliphatic rings. The SMILES string of the molecule is CCc1ccc(C2Nc3ccccc3C(=O)N2c2ccccc2)s1.Cc1ccsc1C1Nc2ccccc2C(=O)N1c1ccccc1.Cc1csc(C2NC3=CCCC=C3C(=O)N2c2ccccc2)c1. The van der Waals surface area contributed by atoms with E-state index in [0.29, 0.717) is 11.1 Å². The lowest BCUT2D eigenvalue weighted by atomic mass is 9.98. The second-order valence-corrected chi connectivity index (χ2v) is 20.3. The van der Waals surface area contributed by atoms with Crippen molar-refractivity contribution in [2.24, 2.45) is 0 Å². The Balaban J connectivity index is 0.000000122. The topological polar surface area (TPSA) is 97.0 Å². The molecule has 0 saturated carbocycles. The first-order valence-electron chi connectivity index (χ1n) is 23.5. The third-order valence-electron chi connectivity index (χ3n) is 12.6. The van der Waals surface area contributed by atoms with Crippen molar-refractivity contribution in [1.29, 1.82) is 0 Å². The van der Waals surface area contributed by atoms with E-state index in [4.69, 9.17) is 0 Å². The molecule has 350 valence electrons. The molecule has 5 aromatic carbocycles. The normalized spacial score (nSPS) is 18.0. The summed E-state index contributed by atoms with van der Waals surface area (Å²) in [6.07, 6.45) is 6.61. The summed E-state index contributed by atoms with van der Waals surface area (Å²) in [4.78, 5) is 49.8. The van der Waals surface area contributed by atoms with Gasteiger partial charge in [-0.05, 0) is 140 Å². The Hall–Kier alpha value is -7.51. The number of amides is 3. The van der Waals surface area contributed by atoms with Crippen LogP contribution in [0.25, 0.3) is 0 Å². The number of hydrogen-bond donors (Lipinski definition) is 3. The van der Waals surface area contributed by atoms with Crippen LogP contribution in [-0.2, 0) is 11.2 Å². The number of aryl methyl sites for hydroxylation is 3. The molecule has 1 aliphatic carbocycles. The average Bonchev–Trinajstić information content (AvgIpc) is 4.19. The first-order valence-corrected chi connectivity index (χ1v) is 26.1. The lowest BCUT2D eigenvalue weighted by Crippen LogP contribution is -2.49. The minimum Gasteiger partial charge on any atom is -0.360 e. The highest BCUT2D eigenvalue weighted by Gasteiger charge is 2.38. The number of para-hydroxylation sites is 5. The van der Waals surface area contributed by atoms with Gasteiger partial charge >= 0.3 is 0 Å². The molecule has 8 aromatic rings. The van der Waals surface area contributed by atoms with Crippen molar-refractivity contribution >= 4 is 80.2 Å². The van der Waals surface area contributed by atoms with E-state index < -0.39 is 0 Å². The van der Waals surface area contributed by atoms with Crippen LogP contribution in [-0.4, -0.2) is 17.7 Å². The average molecular weight is 977 g/mol. The van der Waals surface area contributed by atoms with E-state index in [1.165, 1.54) is 16.0 Å². The maximum absolute atomic E-state index is 13.2. The van der Waals surface area contributed by atoms with Gasteiger partial charge in [-0.1, -0.05) is 97.9 Å². The summed E-state index contributed by atoms with van der Waals surface area (Å²) in [5, 5.41) is 14.9. The Bertz CT molecular complexity index is 3210. The van der Waals surface area contributed by atoms with Gasteiger partial charge in [0.2, 0.25) is 0 Å². The number of hydrogen-bond acceptors (Lipinski definition) is 9. The Morgan fingerprint density at radius 2 is 1.04 bits per heavy atom. The molecule has 0 radical (unpaired) electrons.